The van der Waals surface area contributed by atoms with Crippen LogP contribution in [0.15, 0.2) is 41.5 Å². The fourth-order valence-electron chi connectivity index (χ4n) is 2.44. The molecule has 0 heterocycles. The van der Waals surface area contributed by atoms with Gasteiger partial charge >= 0.3 is 0 Å². The van der Waals surface area contributed by atoms with E-state index in [0.29, 0.717) is 17.2 Å². The van der Waals surface area contributed by atoms with Crippen LogP contribution in [0.1, 0.15) is 31.4 Å². The second-order valence-corrected chi connectivity index (χ2v) is 7.70. The highest BCUT2D eigenvalue weighted by atomic mass is 127. The number of para-hydroxylation sites is 1. The number of aryl methyl sites for hydroxylation is 1. The second kappa shape index (κ2) is 10.8. The van der Waals surface area contributed by atoms with E-state index in [4.69, 9.17) is 9.47 Å². The predicted octanol–water partition coefficient (Wildman–Crippen LogP) is 3.87. The lowest BCUT2D eigenvalue weighted by molar-refractivity contribution is -0.126. The van der Waals surface area contributed by atoms with Crippen molar-refractivity contribution in [3.05, 3.63) is 51.1 Å². The molecule has 2 aromatic rings. The van der Waals surface area contributed by atoms with Crippen molar-refractivity contribution < 1.29 is 19.1 Å². The summed E-state index contributed by atoms with van der Waals surface area (Å²) in [4.78, 5) is 24.0. The fraction of sp³-hybridized carbons (Fsp3) is 0.286. The third kappa shape index (κ3) is 7.04. The van der Waals surface area contributed by atoms with Crippen molar-refractivity contribution in [3.8, 4) is 11.5 Å². The fourth-order valence-corrected chi connectivity index (χ4v) is 3.19. The average molecular weight is 509 g/mol. The van der Waals surface area contributed by atoms with Gasteiger partial charge in [-0.1, -0.05) is 18.2 Å². The van der Waals surface area contributed by atoms with Gasteiger partial charge in [-0.05, 0) is 72.7 Å². The Balaban J connectivity index is 1.95. The molecule has 2 N–H and O–H groups in total. The lowest BCUT2D eigenvalue weighted by Crippen LogP contribution is -2.24. The van der Waals surface area contributed by atoms with Crippen molar-refractivity contribution in [2.24, 2.45) is 5.10 Å². The van der Waals surface area contributed by atoms with Crippen LogP contribution >= 0.6 is 22.6 Å². The number of methoxy groups -OCH3 is 1. The molecule has 0 aliphatic rings. The van der Waals surface area contributed by atoms with Gasteiger partial charge in [0, 0.05) is 5.69 Å². The Bertz CT molecular complexity index is 913. The number of hydrazone groups is 1. The summed E-state index contributed by atoms with van der Waals surface area (Å²) in [5.41, 5.74) is 4.69. The normalized spacial score (nSPS) is 10.8. The van der Waals surface area contributed by atoms with Gasteiger partial charge in [-0.25, -0.2) is 5.43 Å². The quantitative estimate of drug-likeness (QED) is 0.245. The van der Waals surface area contributed by atoms with E-state index in [1.54, 1.807) is 19.2 Å². The number of nitrogens with one attached hydrogen (secondary N) is 2. The van der Waals surface area contributed by atoms with Crippen LogP contribution < -0.4 is 20.2 Å². The molecule has 0 atom stereocenters. The van der Waals surface area contributed by atoms with Crippen molar-refractivity contribution in [1.82, 2.24) is 5.43 Å². The highest BCUT2D eigenvalue weighted by Crippen LogP contribution is 2.34. The summed E-state index contributed by atoms with van der Waals surface area (Å²) in [6.45, 7) is 5.76. The molecule has 29 heavy (non-hydrogen) atoms. The highest BCUT2D eigenvalue weighted by Gasteiger charge is 2.13. The molecule has 2 rings (SSSR count). The number of hydrogen-bond acceptors (Lipinski definition) is 5. The zero-order valence-corrected chi connectivity index (χ0v) is 18.9. The number of ether oxygens (including phenoxy) is 2. The smallest absolute Gasteiger partial charge is 0.249 e. The lowest BCUT2D eigenvalue weighted by Gasteiger charge is -2.15. The number of anilines is 1. The van der Waals surface area contributed by atoms with Gasteiger partial charge in [0.15, 0.2) is 11.5 Å². The molecule has 0 unspecified atom stereocenters. The van der Waals surface area contributed by atoms with Gasteiger partial charge in [0.1, 0.15) is 6.42 Å². The predicted molar refractivity (Wildman–Crippen MR) is 122 cm³/mol. The van der Waals surface area contributed by atoms with Gasteiger partial charge in [0.2, 0.25) is 11.8 Å². The molecular formula is C21H24IN3O4. The monoisotopic (exact) mass is 509 g/mol. The molecule has 0 aromatic heterocycles. The van der Waals surface area contributed by atoms with Crippen molar-refractivity contribution in [1.29, 1.82) is 0 Å². The summed E-state index contributed by atoms with van der Waals surface area (Å²) in [5.74, 6) is 0.334. The second-order valence-electron chi connectivity index (χ2n) is 6.53. The number of amides is 2. The third-order valence-electron chi connectivity index (χ3n) is 3.75. The van der Waals surface area contributed by atoms with Crippen LogP contribution in [0.5, 0.6) is 11.5 Å². The van der Waals surface area contributed by atoms with E-state index < -0.39 is 11.8 Å². The first-order valence-electron chi connectivity index (χ1n) is 9.01. The van der Waals surface area contributed by atoms with Gasteiger partial charge in [0.25, 0.3) is 0 Å². The van der Waals surface area contributed by atoms with Crippen molar-refractivity contribution >= 4 is 46.3 Å². The molecule has 0 fully saturated rings. The van der Waals surface area contributed by atoms with Crippen molar-refractivity contribution in [3.63, 3.8) is 0 Å². The number of carbonyl (C=O) groups is 2. The van der Waals surface area contributed by atoms with Gasteiger partial charge < -0.3 is 14.8 Å². The Hall–Kier alpha value is -2.62. The molecule has 0 saturated heterocycles. The summed E-state index contributed by atoms with van der Waals surface area (Å²) < 4.78 is 12.0. The average Bonchev–Trinajstić information content (AvgIpc) is 2.65. The first kappa shape index (κ1) is 22.7. The zero-order chi connectivity index (χ0) is 21.4. The van der Waals surface area contributed by atoms with Crippen LogP contribution in [0.4, 0.5) is 5.69 Å². The molecule has 2 aromatic carbocycles. The van der Waals surface area contributed by atoms with E-state index in [2.05, 4.69) is 38.4 Å². The number of hydrogen-bond donors (Lipinski definition) is 2. The molecule has 2 amide bonds. The molecule has 0 bridgehead atoms. The molecule has 8 heteroatoms. The van der Waals surface area contributed by atoms with Crippen LogP contribution in [0.2, 0.25) is 0 Å². The van der Waals surface area contributed by atoms with Crippen LogP contribution in [-0.2, 0) is 9.59 Å². The van der Waals surface area contributed by atoms with Crippen LogP contribution in [0, 0.1) is 10.5 Å². The molecule has 7 nitrogen and oxygen atoms in total. The SMILES string of the molecule is COc1cc(C=NNC(=O)CC(=O)Nc2ccccc2C)cc(I)c1OC(C)C. The summed E-state index contributed by atoms with van der Waals surface area (Å²) in [5, 5.41) is 6.63. The minimum absolute atomic E-state index is 0.0158. The largest absolute Gasteiger partial charge is 0.493 e. The highest BCUT2D eigenvalue weighted by molar-refractivity contribution is 14.1. The van der Waals surface area contributed by atoms with Gasteiger partial charge in [-0.15, -0.1) is 0 Å². The summed E-state index contributed by atoms with van der Waals surface area (Å²) >= 11 is 2.16. The first-order valence-corrected chi connectivity index (χ1v) is 10.1. The minimum atomic E-state index is -0.506. The number of rotatable bonds is 8. The van der Waals surface area contributed by atoms with E-state index in [1.807, 2.05) is 45.0 Å². The Morgan fingerprint density at radius 1 is 1.21 bits per heavy atom. The number of halogens is 1. The lowest BCUT2D eigenvalue weighted by atomic mass is 10.2. The first-order chi connectivity index (χ1) is 13.8. The summed E-state index contributed by atoms with van der Waals surface area (Å²) in [6.07, 6.45) is 1.18. The van der Waals surface area contributed by atoms with Crippen LogP contribution in [0.25, 0.3) is 0 Å². The van der Waals surface area contributed by atoms with Crippen molar-refractivity contribution in [2.75, 3.05) is 12.4 Å². The van der Waals surface area contributed by atoms with Gasteiger partial charge in [0.05, 0.1) is 23.0 Å². The molecule has 0 spiro atoms. The van der Waals surface area contributed by atoms with Crippen LogP contribution in [0.3, 0.4) is 0 Å². The van der Waals surface area contributed by atoms with E-state index in [1.165, 1.54) is 6.21 Å². The Labute approximate surface area is 184 Å². The van der Waals surface area contributed by atoms with Crippen molar-refractivity contribution in [2.45, 2.75) is 33.3 Å². The Kier molecular flexibility index (Phi) is 8.44. The Morgan fingerprint density at radius 3 is 2.59 bits per heavy atom. The summed E-state index contributed by atoms with van der Waals surface area (Å²) in [6, 6.07) is 11.0. The summed E-state index contributed by atoms with van der Waals surface area (Å²) in [7, 11) is 1.56. The van der Waals surface area contributed by atoms with E-state index in [0.717, 1.165) is 14.7 Å². The molecule has 0 aliphatic heterocycles. The van der Waals surface area contributed by atoms with E-state index in [9.17, 15) is 9.59 Å². The third-order valence-corrected chi connectivity index (χ3v) is 4.55. The standard InChI is InChI=1S/C21H24IN3O4/c1-13(2)29-21-16(22)9-15(10-18(21)28-4)12-23-25-20(27)11-19(26)24-17-8-6-5-7-14(17)3/h5-10,12-13H,11H2,1-4H3,(H,24,26)(H,25,27). The minimum Gasteiger partial charge on any atom is -0.493 e. The molecule has 0 radical (unpaired) electrons. The molecule has 0 aliphatic carbocycles. The van der Waals surface area contributed by atoms with Crippen LogP contribution in [-0.4, -0.2) is 31.2 Å². The van der Waals surface area contributed by atoms with Gasteiger partial charge in [-0.3, -0.25) is 9.59 Å². The maximum atomic E-state index is 12.0. The van der Waals surface area contributed by atoms with E-state index in [-0.39, 0.29) is 12.5 Å². The van der Waals surface area contributed by atoms with E-state index >= 15 is 0 Å². The number of nitrogens with zero attached hydrogens (tertiary/aromatic N) is 1. The van der Waals surface area contributed by atoms with Gasteiger partial charge in [-0.2, -0.15) is 5.10 Å². The maximum absolute atomic E-state index is 12.0. The molecule has 154 valence electrons. The Morgan fingerprint density at radius 2 is 1.93 bits per heavy atom. The topological polar surface area (TPSA) is 89.0 Å². The maximum Gasteiger partial charge on any atom is 0.249 e. The number of benzene rings is 2. The number of carbonyl (C=O) groups excluding carboxylic acids is 2. The molecule has 0 saturated carbocycles. The zero-order valence-electron chi connectivity index (χ0n) is 16.8. The molecular weight excluding hydrogens is 485 g/mol.